The van der Waals surface area contributed by atoms with Crippen molar-refractivity contribution in [2.24, 2.45) is 5.73 Å². The van der Waals surface area contributed by atoms with Gasteiger partial charge in [-0.2, -0.15) is 4.98 Å². The summed E-state index contributed by atoms with van der Waals surface area (Å²) in [5.74, 6) is 0.969. The Labute approximate surface area is 83.3 Å². The number of halogens is 1. The second kappa shape index (κ2) is 3.45. The molecule has 0 amide bonds. The molecule has 0 aromatic carbocycles. The molecule has 0 saturated carbocycles. The Morgan fingerprint density at radius 1 is 1.54 bits per heavy atom. The number of nitrogens with zero attached hydrogens (tertiary/aromatic N) is 2. The van der Waals surface area contributed by atoms with Crippen LogP contribution in [0, 0.1) is 0 Å². The molecule has 0 aliphatic carbocycles. The van der Waals surface area contributed by atoms with Gasteiger partial charge in [0.15, 0.2) is 0 Å². The highest BCUT2D eigenvalue weighted by molar-refractivity contribution is 7.19. The van der Waals surface area contributed by atoms with Crippen molar-refractivity contribution >= 4 is 22.9 Å². The lowest BCUT2D eigenvalue weighted by Gasteiger charge is -1.82. The monoisotopic (exact) mass is 215 g/mol. The molecular weight excluding hydrogens is 210 g/mol. The minimum absolute atomic E-state index is 0.256. The topological polar surface area (TPSA) is 64.9 Å². The molecule has 0 spiro atoms. The fraction of sp³-hybridized carbons (Fsp3) is 0.143. The van der Waals surface area contributed by atoms with Crippen molar-refractivity contribution in [3.63, 3.8) is 0 Å². The van der Waals surface area contributed by atoms with E-state index in [1.54, 1.807) is 6.07 Å². The van der Waals surface area contributed by atoms with Crippen molar-refractivity contribution in [2.75, 3.05) is 0 Å². The quantitative estimate of drug-likeness (QED) is 0.831. The summed E-state index contributed by atoms with van der Waals surface area (Å²) >= 11 is 7.16. The van der Waals surface area contributed by atoms with E-state index < -0.39 is 0 Å². The second-order valence-corrected chi connectivity index (χ2v) is 4.03. The molecule has 0 bridgehead atoms. The number of rotatable bonds is 2. The van der Waals surface area contributed by atoms with Crippen molar-refractivity contribution in [2.45, 2.75) is 6.54 Å². The molecule has 0 saturated heterocycles. The molecule has 6 heteroatoms. The number of aromatic nitrogens is 2. The Hall–Kier alpha value is -0.910. The van der Waals surface area contributed by atoms with Crippen molar-refractivity contribution in [1.29, 1.82) is 0 Å². The molecular formula is C7H6ClN3OS. The van der Waals surface area contributed by atoms with Gasteiger partial charge in [0.2, 0.25) is 11.7 Å². The fourth-order valence-electron chi connectivity index (χ4n) is 0.872. The molecule has 0 radical (unpaired) electrons. The van der Waals surface area contributed by atoms with Crippen LogP contribution in [0.25, 0.3) is 10.7 Å². The molecule has 0 aliphatic heterocycles. The number of nitrogens with two attached hydrogens (primary N) is 1. The van der Waals surface area contributed by atoms with Gasteiger partial charge >= 0.3 is 0 Å². The number of hydrogen-bond donors (Lipinski definition) is 1. The molecule has 0 atom stereocenters. The van der Waals surface area contributed by atoms with E-state index in [0.29, 0.717) is 16.1 Å². The Balaban J connectivity index is 2.35. The molecule has 2 N–H and O–H groups in total. The first-order chi connectivity index (χ1) is 6.29. The second-order valence-electron chi connectivity index (χ2n) is 2.32. The summed E-state index contributed by atoms with van der Waals surface area (Å²) in [5, 5.41) is 3.76. The molecule has 13 heavy (non-hydrogen) atoms. The summed E-state index contributed by atoms with van der Waals surface area (Å²) in [5.41, 5.74) is 5.33. The largest absolute Gasteiger partial charge is 0.338 e. The third kappa shape index (κ3) is 1.72. The van der Waals surface area contributed by atoms with Gasteiger partial charge in [0.05, 0.1) is 15.8 Å². The lowest BCUT2D eigenvalue weighted by Crippen LogP contribution is -1.95. The summed E-state index contributed by atoms with van der Waals surface area (Å²) < 4.78 is 5.56. The van der Waals surface area contributed by atoms with E-state index in [9.17, 15) is 0 Å². The van der Waals surface area contributed by atoms with E-state index in [1.807, 2.05) is 6.07 Å². The molecule has 0 unspecified atom stereocenters. The third-order valence-corrected chi connectivity index (χ3v) is 2.66. The van der Waals surface area contributed by atoms with Gasteiger partial charge in [-0.05, 0) is 12.1 Å². The van der Waals surface area contributed by atoms with Crippen LogP contribution < -0.4 is 5.73 Å². The van der Waals surface area contributed by atoms with E-state index in [2.05, 4.69) is 10.1 Å². The van der Waals surface area contributed by atoms with E-state index >= 15 is 0 Å². The zero-order chi connectivity index (χ0) is 9.26. The van der Waals surface area contributed by atoms with Crippen LogP contribution in [0.15, 0.2) is 16.7 Å². The van der Waals surface area contributed by atoms with Crippen LogP contribution in [-0.2, 0) is 6.54 Å². The van der Waals surface area contributed by atoms with Gasteiger partial charge in [-0.15, -0.1) is 11.3 Å². The zero-order valence-corrected chi connectivity index (χ0v) is 8.10. The van der Waals surface area contributed by atoms with E-state index in [4.69, 9.17) is 21.9 Å². The summed E-state index contributed by atoms with van der Waals surface area (Å²) in [6.07, 6.45) is 0. The van der Waals surface area contributed by atoms with E-state index in [1.165, 1.54) is 11.3 Å². The van der Waals surface area contributed by atoms with Crippen molar-refractivity contribution in [3.8, 4) is 10.7 Å². The SMILES string of the molecule is NCc1nc(-c2ccc(Cl)s2)no1. The Morgan fingerprint density at radius 3 is 2.92 bits per heavy atom. The zero-order valence-electron chi connectivity index (χ0n) is 6.53. The van der Waals surface area contributed by atoms with Crippen LogP contribution in [0.4, 0.5) is 0 Å². The minimum Gasteiger partial charge on any atom is -0.338 e. The lowest BCUT2D eigenvalue weighted by atomic mass is 10.4. The molecule has 68 valence electrons. The number of thiophene rings is 1. The van der Waals surface area contributed by atoms with Crippen LogP contribution >= 0.6 is 22.9 Å². The smallest absolute Gasteiger partial charge is 0.240 e. The standard InChI is InChI=1S/C7H6ClN3OS/c8-5-2-1-4(13-5)7-10-6(3-9)12-11-7/h1-2H,3,9H2. The van der Waals surface area contributed by atoms with Gasteiger partial charge in [0, 0.05) is 0 Å². The minimum atomic E-state index is 0.256. The fourth-order valence-corrected chi connectivity index (χ4v) is 1.84. The van der Waals surface area contributed by atoms with Gasteiger partial charge < -0.3 is 10.3 Å². The molecule has 2 aromatic heterocycles. The maximum Gasteiger partial charge on any atom is 0.240 e. The average Bonchev–Trinajstić information content (AvgIpc) is 2.71. The first-order valence-electron chi connectivity index (χ1n) is 3.58. The van der Waals surface area contributed by atoms with Crippen LogP contribution in [0.1, 0.15) is 5.89 Å². The van der Waals surface area contributed by atoms with Gasteiger partial charge in [-0.25, -0.2) is 0 Å². The van der Waals surface area contributed by atoms with Gasteiger partial charge in [-0.3, -0.25) is 0 Å². The summed E-state index contributed by atoms with van der Waals surface area (Å²) in [4.78, 5) is 4.94. The predicted octanol–water partition coefficient (Wildman–Crippen LogP) is 1.91. The summed E-state index contributed by atoms with van der Waals surface area (Å²) in [6, 6.07) is 3.64. The highest BCUT2D eigenvalue weighted by atomic mass is 35.5. The Kier molecular flexibility index (Phi) is 2.30. The van der Waals surface area contributed by atoms with Gasteiger partial charge in [0.25, 0.3) is 0 Å². The summed E-state index contributed by atoms with van der Waals surface area (Å²) in [7, 11) is 0. The maximum atomic E-state index is 5.76. The van der Waals surface area contributed by atoms with Gasteiger partial charge in [0.1, 0.15) is 0 Å². The first-order valence-corrected chi connectivity index (χ1v) is 4.77. The summed E-state index contributed by atoms with van der Waals surface area (Å²) in [6.45, 7) is 0.256. The van der Waals surface area contributed by atoms with E-state index in [0.717, 1.165) is 4.88 Å². The van der Waals surface area contributed by atoms with Gasteiger partial charge in [-0.1, -0.05) is 16.8 Å². The first kappa shape index (κ1) is 8.68. The Morgan fingerprint density at radius 2 is 2.38 bits per heavy atom. The number of hydrogen-bond acceptors (Lipinski definition) is 5. The molecule has 0 fully saturated rings. The van der Waals surface area contributed by atoms with Crippen LogP contribution in [0.3, 0.4) is 0 Å². The molecule has 2 rings (SSSR count). The molecule has 2 aromatic rings. The van der Waals surface area contributed by atoms with E-state index in [-0.39, 0.29) is 6.54 Å². The predicted molar refractivity (Wildman–Crippen MR) is 50.5 cm³/mol. The molecule has 4 nitrogen and oxygen atoms in total. The van der Waals surface area contributed by atoms with Crippen LogP contribution in [0.5, 0.6) is 0 Å². The maximum absolute atomic E-state index is 5.76. The normalized spacial score (nSPS) is 10.6. The average molecular weight is 216 g/mol. The molecule has 0 aliphatic rings. The highest BCUT2D eigenvalue weighted by Crippen LogP contribution is 2.28. The van der Waals surface area contributed by atoms with Crippen molar-refractivity contribution in [1.82, 2.24) is 10.1 Å². The molecule has 2 heterocycles. The van der Waals surface area contributed by atoms with Crippen LogP contribution in [-0.4, -0.2) is 10.1 Å². The third-order valence-electron chi connectivity index (χ3n) is 1.44. The van der Waals surface area contributed by atoms with Crippen molar-refractivity contribution in [3.05, 3.63) is 22.4 Å². The Bertz CT molecular complexity index is 411. The lowest BCUT2D eigenvalue weighted by molar-refractivity contribution is 0.380. The van der Waals surface area contributed by atoms with Crippen molar-refractivity contribution < 1.29 is 4.52 Å². The van der Waals surface area contributed by atoms with Crippen LogP contribution in [0.2, 0.25) is 4.34 Å². The highest BCUT2D eigenvalue weighted by Gasteiger charge is 2.08.